The molecule has 2 nitrogen and oxygen atoms in total. The van der Waals surface area contributed by atoms with Crippen molar-refractivity contribution in [3.63, 3.8) is 0 Å². The third-order valence-corrected chi connectivity index (χ3v) is 4.41. The monoisotopic (exact) mass is 266 g/mol. The van der Waals surface area contributed by atoms with E-state index in [1.54, 1.807) is 13.2 Å². The maximum Gasteiger partial charge on any atom is 0.125 e. The summed E-state index contributed by atoms with van der Waals surface area (Å²) < 4.78 is 18.8. The van der Waals surface area contributed by atoms with Crippen LogP contribution >= 0.6 is 0 Å². The van der Waals surface area contributed by atoms with E-state index in [2.05, 4.69) is 6.92 Å². The van der Waals surface area contributed by atoms with Crippen molar-refractivity contribution in [3.05, 3.63) is 29.6 Å². The van der Waals surface area contributed by atoms with Crippen molar-refractivity contribution in [2.75, 3.05) is 7.11 Å². The Kier molecular flexibility index (Phi) is 4.46. The third kappa shape index (κ3) is 3.08. The highest BCUT2D eigenvalue weighted by Crippen LogP contribution is 2.42. The molecule has 1 aromatic carbocycles. The number of halogens is 1. The number of methoxy groups -OCH3 is 1. The standard InChI is InChI=1S/C16H23FO2/c1-3-12-5-4-9-16(18,10-8-12)14-11-13(17)6-7-15(14)19-2/h6-7,11-12,18H,3-5,8-10H2,1-2H3. The van der Waals surface area contributed by atoms with Crippen LogP contribution in [0.3, 0.4) is 0 Å². The first-order valence-corrected chi connectivity index (χ1v) is 7.15. The first-order chi connectivity index (χ1) is 9.09. The summed E-state index contributed by atoms with van der Waals surface area (Å²) in [4.78, 5) is 0. The van der Waals surface area contributed by atoms with E-state index in [0.717, 1.165) is 25.7 Å². The average molecular weight is 266 g/mol. The van der Waals surface area contributed by atoms with E-state index in [9.17, 15) is 9.50 Å². The van der Waals surface area contributed by atoms with Gasteiger partial charge in [-0.15, -0.1) is 0 Å². The van der Waals surface area contributed by atoms with E-state index < -0.39 is 5.60 Å². The molecule has 1 aromatic rings. The quantitative estimate of drug-likeness (QED) is 0.837. The summed E-state index contributed by atoms with van der Waals surface area (Å²) >= 11 is 0. The minimum absolute atomic E-state index is 0.319. The maximum absolute atomic E-state index is 13.5. The smallest absolute Gasteiger partial charge is 0.125 e. The topological polar surface area (TPSA) is 29.5 Å². The Morgan fingerprint density at radius 1 is 1.37 bits per heavy atom. The minimum Gasteiger partial charge on any atom is -0.496 e. The highest BCUT2D eigenvalue weighted by Gasteiger charge is 2.34. The highest BCUT2D eigenvalue weighted by atomic mass is 19.1. The van der Waals surface area contributed by atoms with Crippen LogP contribution in [0.2, 0.25) is 0 Å². The summed E-state index contributed by atoms with van der Waals surface area (Å²) in [5.74, 6) is 0.938. The fraction of sp³-hybridized carbons (Fsp3) is 0.625. The van der Waals surface area contributed by atoms with Crippen molar-refractivity contribution in [1.29, 1.82) is 0 Å². The van der Waals surface area contributed by atoms with Gasteiger partial charge < -0.3 is 9.84 Å². The molecule has 1 aliphatic carbocycles. The lowest BCUT2D eigenvalue weighted by atomic mass is 9.85. The van der Waals surface area contributed by atoms with Crippen molar-refractivity contribution in [1.82, 2.24) is 0 Å². The van der Waals surface area contributed by atoms with E-state index in [0.29, 0.717) is 30.1 Å². The van der Waals surface area contributed by atoms with Gasteiger partial charge in [0.1, 0.15) is 11.6 Å². The van der Waals surface area contributed by atoms with E-state index in [1.165, 1.54) is 12.1 Å². The number of aliphatic hydroxyl groups is 1. The van der Waals surface area contributed by atoms with Gasteiger partial charge in [0.15, 0.2) is 0 Å². The fourth-order valence-corrected chi connectivity index (χ4v) is 3.12. The zero-order chi connectivity index (χ0) is 13.9. The van der Waals surface area contributed by atoms with Gasteiger partial charge in [0.2, 0.25) is 0 Å². The Morgan fingerprint density at radius 3 is 2.84 bits per heavy atom. The molecule has 0 aliphatic heterocycles. The SMILES string of the molecule is CCC1CCCC(O)(c2cc(F)ccc2OC)CC1. The Morgan fingerprint density at radius 2 is 2.16 bits per heavy atom. The molecule has 0 radical (unpaired) electrons. The van der Waals surface area contributed by atoms with Gasteiger partial charge in [-0.25, -0.2) is 4.39 Å². The molecule has 19 heavy (non-hydrogen) atoms. The fourth-order valence-electron chi connectivity index (χ4n) is 3.12. The van der Waals surface area contributed by atoms with Crippen molar-refractivity contribution >= 4 is 0 Å². The first kappa shape index (κ1) is 14.3. The predicted octanol–water partition coefficient (Wildman–Crippen LogP) is 4.01. The number of ether oxygens (including phenoxy) is 1. The van der Waals surface area contributed by atoms with Crippen LogP contribution in [0.15, 0.2) is 18.2 Å². The molecule has 1 N–H and O–H groups in total. The molecule has 1 fully saturated rings. The normalized spacial score (nSPS) is 27.9. The van der Waals surface area contributed by atoms with Gasteiger partial charge in [-0.1, -0.05) is 19.8 Å². The lowest BCUT2D eigenvalue weighted by Gasteiger charge is -2.29. The van der Waals surface area contributed by atoms with Gasteiger partial charge in [-0.05, 0) is 49.8 Å². The van der Waals surface area contributed by atoms with Gasteiger partial charge in [0.25, 0.3) is 0 Å². The summed E-state index contributed by atoms with van der Waals surface area (Å²) in [5.41, 5.74) is -0.344. The van der Waals surface area contributed by atoms with Crippen molar-refractivity contribution < 1.29 is 14.2 Å². The summed E-state index contributed by atoms with van der Waals surface area (Å²) in [6.07, 6.45) is 5.64. The molecule has 0 spiro atoms. The molecule has 0 amide bonds. The largest absolute Gasteiger partial charge is 0.496 e. The van der Waals surface area contributed by atoms with Crippen LogP contribution in [0.5, 0.6) is 5.75 Å². The molecule has 1 aliphatic rings. The van der Waals surface area contributed by atoms with Crippen LogP contribution in [0.1, 0.15) is 51.0 Å². The maximum atomic E-state index is 13.5. The number of benzene rings is 1. The lowest BCUT2D eigenvalue weighted by Crippen LogP contribution is -2.25. The van der Waals surface area contributed by atoms with Crippen LogP contribution in [0.4, 0.5) is 4.39 Å². The highest BCUT2D eigenvalue weighted by molar-refractivity contribution is 5.38. The van der Waals surface area contributed by atoms with Crippen LogP contribution < -0.4 is 4.74 Å². The molecular formula is C16H23FO2. The Bertz CT molecular complexity index is 433. The lowest BCUT2D eigenvalue weighted by molar-refractivity contribution is 0.0171. The summed E-state index contributed by atoms with van der Waals surface area (Å²) in [6, 6.07) is 4.40. The molecule has 0 bridgehead atoms. The summed E-state index contributed by atoms with van der Waals surface area (Å²) in [7, 11) is 1.56. The van der Waals surface area contributed by atoms with Crippen molar-refractivity contribution in [2.24, 2.45) is 5.92 Å². The molecule has 2 atom stereocenters. The molecule has 0 aromatic heterocycles. The van der Waals surface area contributed by atoms with Crippen LogP contribution in [0.25, 0.3) is 0 Å². The summed E-state index contributed by atoms with van der Waals surface area (Å²) in [6.45, 7) is 2.19. The Balaban J connectivity index is 2.30. The number of rotatable bonds is 3. The van der Waals surface area contributed by atoms with Gasteiger partial charge in [0, 0.05) is 5.56 Å². The van der Waals surface area contributed by atoms with E-state index in [4.69, 9.17) is 4.74 Å². The summed E-state index contributed by atoms with van der Waals surface area (Å²) in [5, 5.41) is 10.9. The van der Waals surface area contributed by atoms with Gasteiger partial charge in [-0.3, -0.25) is 0 Å². The molecule has 0 heterocycles. The molecule has 106 valence electrons. The molecule has 2 unspecified atom stereocenters. The van der Waals surface area contributed by atoms with Gasteiger partial charge >= 0.3 is 0 Å². The number of hydrogen-bond donors (Lipinski definition) is 1. The molecular weight excluding hydrogens is 243 g/mol. The minimum atomic E-state index is -0.947. The van der Waals surface area contributed by atoms with Crippen LogP contribution in [0, 0.1) is 11.7 Å². The Hall–Kier alpha value is -1.09. The van der Waals surface area contributed by atoms with E-state index in [1.807, 2.05) is 0 Å². The van der Waals surface area contributed by atoms with E-state index in [-0.39, 0.29) is 5.82 Å². The number of hydrogen-bond acceptors (Lipinski definition) is 2. The van der Waals surface area contributed by atoms with E-state index >= 15 is 0 Å². The van der Waals surface area contributed by atoms with Gasteiger partial charge in [-0.2, -0.15) is 0 Å². The Labute approximate surface area is 114 Å². The van der Waals surface area contributed by atoms with Crippen LogP contribution in [-0.4, -0.2) is 12.2 Å². The second-order valence-electron chi connectivity index (χ2n) is 5.58. The molecule has 2 rings (SSSR count). The second kappa shape index (κ2) is 5.91. The average Bonchev–Trinajstić information content (AvgIpc) is 2.61. The third-order valence-electron chi connectivity index (χ3n) is 4.41. The zero-order valence-electron chi connectivity index (χ0n) is 11.8. The second-order valence-corrected chi connectivity index (χ2v) is 5.58. The molecule has 3 heteroatoms. The van der Waals surface area contributed by atoms with Gasteiger partial charge in [0.05, 0.1) is 12.7 Å². The van der Waals surface area contributed by atoms with Crippen molar-refractivity contribution in [2.45, 2.75) is 51.0 Å². The van der Waals surface area contributed by atoms with Crippen molar-refractivity contribution in [3.8, 4) is 5.75 Å². The molecule has 0 saturated heterocycles. The zero-order valence-corrected chi connectivity index (χ0v) is 11.8. The van der Waals surface area contributed by atoms with Crippen LogP contribution in [-0.2, 0) is 5.60 Å². The first-order valence-electron chi connectivity index (χ1n) is 7.15. The molecule has 1 saturated carbocycles. The predicted molar refractivity (Wildman–Crippen MR) is 73.7 cm³/mol.